The Bertz CT molecular complexity index is 498. The van der Waals surface area contributed by atoms with E-state index in [9.17, 15) is 8.78 Å². The van der Waals surface area contributed by atoms with Crippen LogP contribution in [0.2, 0.25) is 0 Å². The number of guanidine groups is 1. The summed E-state index contributed by atoms with van der Waals surface area (Å²) in [6.45, 7) is 3.76. The van der Waals surface area contributed by atoms with Crippen molar-refractivity contribution >= 4 is 5.96 Å². The van der Waals surface area contributed by atoms with Crippen LogP contribution >= 0.6 is 0 Å². The standard InChI is InChI=1S/C15H25F2N5O/c1-3-11-8-13(23-21-11)9-19-15(18-2)20-12-4-6-22(7-5-12)10-14(16)17/h8,12,14H,3-7,9-10H2,1-2H3,(H2,18,19,20). The van der Waals surface area contributed by atoms with Gasteiger partial charge in [0.2, 0.25) is 0 Å². The number of nitrogens with zero attached hydrogens (tertiary/aromatic N) is 3. The second-order valence-corrected chi connectivity index (χ2v) is 5.67. The van der Waals surface area contributed by atoms with E-state index in [1.807, 2.05) is 13.0 Å². The molecule has 130 valence electrons. The molecule has 1 aromatic rings. The summed E-state index contributed by atoms with van der Waals surface area (Å²) < 4.78 is 30.0. The zero-order valence-electron chi connectivity index (χ0n) is 13.7. The number of aryl methyl sites for hydroxylation is 1. The number of likely N-dealkylation sites (tertiary alicyclic amines) is 1. The highest BCUT2D eigenvalue weighted by molar-refractivity contribution is 5.79. The number of piperidine rings is 1. The van der Waals surface area contributed by atoms with Crippen LogP contribution in [0.5, 0.6) is 0 Å². The molecule has 2 rings (SSSR count). The fourth-order valence-electron chi connectivity index (χ4n) is 2.62. The fourth-order valence-corrected chi connectivity index (χ4v) is 2.62. The predicted molar refractivity (Wildman–Crippen MR) is 84.7 cm³/mol. The molecule has 0 aliphatic carbocycles. The second kappa shape index (κ2) is 8.81. The number of aliphatic imine (C=N–C) groups is 1. The summed E-state index contributed by atoms with van der Waals surface area (Å²) in [7, 11) is 1.71. The van der Waals surface area contributed by atoms with Gasteiger partial charge in [-0.3, -0.25) is 9.89 Å². The maximum Gasteiger partial charge on any atom is 0.251 e. The normalized spacial score (nSPS) is 17.7. The third-order valence-corrected chi connectivity index (χ3v) is 3.95. The van der Waals surface area contributed by atoms with E-state index < -0.39 is 6.43 Å². The molecule has 0 atom stereocenters. The van der Waals surface area contributed by atoms with Crippen molar-refractivity contribution in [1.82, 2.24) is 20.7 Å². The highest BCUT2D eigenvalue weighted by atomic mass is 19.3. The van der Waals surface area contributed by atoms with Gasteiger partial charge in [-0.25, -0.2) is 8.78 Å². The van der Waals surface area contributed by atoms with Gasteiger partial charge >= 0.3 is 0 Å². The molecule has 0 amide bonds. The summed E-state index contributed by atoms with van der Waals surface area (Å²) in [5, 5.41) is 10.5. The van der Waals surface area contributed by atoms with Crippen molar-refractivity contribution in [2.45, 2.75) is 45.2 Å². The minimum atomic E-state index is -2.26. The monoisotopic (exact) mass is 329 g/mol. The first-order valence-electron chi connectivity index (χ1n) is 8.02. The number of aromatic nitrogens is 1. The Balaban J connectivity index is 1.73. The Morgan fingerprint density at radius 1 is 1.48 bits per heavy atom. The molecule has 0 unspecified atom stereocenters. The predicted octanol–water partition coefficient (Wildman–Crippen LogP) is 1.63. The Morgan fingerprint density at radius 2 is 2.22 bits per heavy atom. The van der Waals surface area contributed by atoms with Gasteiger partial charge in [-0.1, -0.05) is 12.1 Å². The van der Waals surface area contributed by atoms with E-state index in [-0.39, 0.29) is 12.6 Å². The average molecular weight is 329 g/mol. The Kier molecular flexibility index (Phi) is 6.76. The van der Waals surface area contributed by atoms with Crippen molar-refractivity contribution in [2.75, 3.05) is 26.7 Å². The van der Waals surface area contributed by atoms with Gasteiger partial charge in [0, 0.05) is 32.2 Å². The summed E-state index contributed by atoms with van der Waals surface area (Å²) >= 11 is 0. The summed E-state index contributed by atoms with van der Waals surface area (Å²) in [6, 6.07) is 2.17. The maximum absolute atomic E-state index is 12.4. The molecule has 8 heteroatoms. The van der Waals surface area contributed by atoms with Gasteiger partial charge in [-0.05, 0) is 19.3 Å². The first-order chi connectivity index (χ1) is 11.1. The van der Waals surface area contributed by atoms with Gasteiger partial charge < -0.3 is 15.2 Å². The van der Waals surface area contributed by atoms with Gasteiger partial charge in [0.15, 0.2) is 11.7 Å². The van der Waals surface area contributed by atoms with Crippen molar-refractivity contribution in [3.8, 4) is 0 Å². The van der Waals surface area contributed by atoms with Crippen LogP contribution in [0.4, 0.5) is 8.78 Å². The first kappa shape index (κ1) is 17.7. The van der Waals surface area contributed by atoms with Crippen LogP contribution in [-0.4, -0.2) is 55.2 Å². The Labute approximate surface area is 135 Å². The molecule has 0 radical (unpaired) electrons. The molecule has 2 heterocycles. The van der Waals surface area contributed by atoms with Crippen LogP contribution in [0, 0.1) is 0 Å². The highest BCUT2D eigenvalue weighted by Crippen LogP contribution is 2.12. The van der Waals surface area contributed by atoms with Gasteiger partial charge in [0.25, 0.3) is 6.43 Å². The van der Waals surface area contributed by atoms with Crippen molar-refractivity contribution in [3.63, 3.8) is 0 Å². The third kappa shape index (κ3) is 5.78. The Hall–Kier alpha value is -1.70. The van der Waals surface area contributed by atoms with Crippen molar-refractivity contribution < 1.29 is 13.3 Å². The molecule has 0 spiro atoms. The van der Waals surface area contributed by atoms with Crippen molar-refractivity contribution in [3.05, 3.63) is 17.5 Å². The van der Waals surface area contributed by atoms with Crippen molar-refractivity contribution in [2.24, 2.45) is 4.99 Å². The summed E-state index contributed by atoms with van der Waals surface area (Å²) in [5.41, 5.74) is 0.927. The van der Waals surface area contributed by atoms with Gasteiger partial charge in [-0.2, -0.15) is 0 Å². The van der Waals surface area contributed by atoms with Crippen molar-refractivity contribution in [1.29, 1.82) is 0 Å². The lowest BCUT2D eigenvalue weighted by molar-refractivity contribution is 0.0744. The molecule has 1 aliphatic heterocycles. The van der Waals surface area contributed by atoms with E-state index in [0.29, 0.717) is 25.6 Å². The first-order valence-corrected chi connectivity index (χ1v) is 8.02. The van der Waals surface area contributed by atoms with Gasteiger partial charge in [0.05, 0.1) is 18.8 Å². The lowest BCUT2D eigenvalue weighted by Gasteiger charge is -2.32. The second-order valence-electron chi connectivity index (χ2n) is 5.67. The molecule has 0 bridgehead atoms. The molecule has 0 saturated carbocycles. The van der Waals surface area contributed by atoms with Crippen LogP contribution in [0.15, 0.2) is 15.6 Å². The van der Waals surface area contributed by atoms with Crippen LogP contribution in [0.25, 0.3) is 0 Å². The zero-order chi connectivity index (χ0) is 16.7. The van der Waals surface area contributed by atoms with E-state index in [4.69, 9.17) is 4.52 Å². The number of hydrogen-bond donors (Lipinski definition) is 2. The SMILES string of the molecule is CCc1cc(CNC(=NC)NC2CCN(CC(F)F)CC2)on1. The molecule has 2 N–H and O–H groups in total. The molecule has 6 nitrogen and oxygen atoms in total. The molecule has 1 fully saturated rings. The van der Waals surface area contributed by atoms with E-state index in [1.165, 1.54) is 0 Å². The fraction of sp³-hybridized carbons (Fsp3) is 0.733. The minimum Gasteiger partial charge on any atom is -0.359 e. The summed E-state index contributed by atoms with van der Waals surface area (Å²) in [6.07, 6.45) is 0.239. The maximum atomic E-state index is 12.4. The molecule has 1 saturated heterocycles. The molecular weight excluding hydrogens is 304 g/mol. The van der Waals surface area contributed by atoms with Crippen LogP contribution in [0.3, 0.4) is 0 Å². The summed E-state index contributed by atoms with van der Waals surface area (Å²) in [4.78, 5) is 6.00. The van der Waals surface area contributed by atoms with Gasteiger partial charge in [0.1, 0.15) is 0 Å². The van der Waals surface area contributed by atoms with Crippen LogP contribution in [0.1, 0.15) is 31.2 Å². The number of nitrogens with one attached hydrogen (secondary N) is 2. The number of hydrogen-bond acceptors (Lipinski definition) is 4. The quantitative estimate of drug-likeness (QED) is 0.613. The lowest BCUT2D eigenvalue weighted by atomic mass is 10.1. The van der Waals surface area contributed by atoms with E-state index in [1.54, 1.807) is 11.9 Å². The van der Waals surface area contributed by atoms with Crippen LogP contribution in [-0.2, 0) is 13.0 Å². The molecule has 1 aliphatic rings. The molecule has 0 aromatic carbocycles. The number of alkyl halides is 2. The number of halogens is 2. The smallest absolute Gasteiger partial charge is 0.251 e. The topological polar surface area (TPSA) is 65.7 Å². The minimum absolute atomic E-state index is 0.134. The average Bonchev–Trinajstić information content (AvgIpc) is 3.00. The molecule has 1 aromatic heterocycles. The lowest BCUT2D eigenvalue weighted by Crippen LogP contribution is -2.49. The van der Waals surface area contributed by atoms with Gasteiger partial charge in [-0.15, -0.1) is 0 Å². The highest BCUT2D eigenvalue weighted by Gasteiger charge is 2.22. The largest absolute Gasteiger partial charge is 0.359 e. The summed E-state index contributed by atoms with van der Waals surface area (Å²) in [5.74, 6) is 1.45. The Morgan fingerprint density at radius 3 is 2.78 bits per heavy atom. The zero-order valence-corrected chi connectivity index (χ0v) is 13.7. The van der Waals surface area contributed by atoms with E-state index >= 15 is 0 Å². The van der Waals surface area contributed by atoms with Crippen LogP contribution < -0.4 is 10.6 Å². The number of rotatable bonds is 6. The molecular formula is C15H25F2N5O. The molecule has 23 heavy (non-hydrogen) atoms. The third-order valence-electron chi connectivity index (χ3n) is 3.95. The van der Waals surface area contributed by atoms with E-state index in [2.05, 4.69) is 20.8 Å². The van der Waals surface area contributed by atoms with E-state index in [0.717, 1.165) is 30.7 Å².